The molecule has 2 aromatic carbocycles. The van der Waals surface area contributed by atoms with Crippen LogP contribution in [0.15, 0.2) is 60.8 Å². The van der Waals surface area contributed by atoms with Gasteiger partial charge in [0, 0.05) is 30.4 Å². The molecule has 3 aromatic rings. The summed E-state index contributed by atoms with van der Waals surface area (Å²) in [5, 5.41) is 13.8. The number of aromatic nitrogens is 2. The summed E-state index contributed by atoms with van der Waals surface area (Å²) in [4.78, 5) is 2.10. The number of nitrogens with zero attached hydrogens (tertiary/aromatic N) is 4. The normalized spacial score (nSPS) is 12.1. The standard InChI is InChI=1S/C21H21FN4/c1-16(12-23)13-25(2)14-18-15-26(20-6-4-3-5-7-20)24-21(18)17-8-10-19(22)11-9-17/h3-11,15-16H,13-14H2,1-2H3. The molecule has 1 atom stereocenters. The van der Waals surface area contributed by atoms with Gasteiger partial charge in [0.2, 0.25) is 0 Å². The maximum absolute atomic E-state index is 13.3. The first-order valence-corrected chi connectivity index (χ1v) is 8.55. The van der Waals surface area contributed by atoms with Crippen LogP contribution in [-0.4, -0.2) is 28.3 Å². The number of hydrogen-bond donors (Lipinski definition) is 0. The molecule has 0 bridgehead atoms. The minimum atomic E-state index is -0.266. The van der Waals surface area contributed by atoms with Crippen molar-refractivity contribution < 1.29 is 4.39 Å². The van der Waals surface area contributed by atoms with E-state index in [1.54, 1.807) is 12.1 Å². The maximum Gasteiger partial charge on any atom is 0.123 e. The van der Waals surface area contributed by atoms with E-state index < -0.39 is 0 Å². The predicted molar refractivity (Wildman–Crippen MR) is 100 cm³/mol. The van der Waals surface area contributed by atoms with E-state index >= 15 is 0 Å². The van der Waals surface area contributed by atoms with Gasteiger partial charge in [-0.15, -0.1) is 0 Å². The van der Waals surface area contributed by atoms with E-state index in [2.05, 4.69) is 11.0 Å². The first-order valence-electron chi connectivity index (χ1n) is 8.55. The van der Waals surface area contributed by atoms with Crippen LogP contribution in [0.2, 0.25) is 0 Å². The van der Waals surface area contributed by atoms with Crippen LogP contribution in [0.4, 0.5) is 4.39 Å². The van der Waals surface area contributed by atoms with E-state index in [1.807, 2.05) is 55.2 Å². The van der Waals surface area contributed by atoms with Crippen molar-refractivity contribution in [2.45, 2.75) is 13.5 Å². The number of para-hydroxylation sites is 1. The van der Waals surface area contributed by atoms with Crippen LogP contribution in [0.5, 0.6) is 0 Å². The van der Waals surface area contributed by atoms with Crippen LogP contribution in [0.1, 0.15) is 12.5 Å². The molecule has 0 aliphatic heterocycles. The molecule has 0 N–H and O–H groups in total. The van der Waals surface area contributed by atoms with Gasteiger partial charge in [-0.25, -0.2) is 9.07 Å². The van der Waals surface area contributed by atoms with Crippen molar-refractivity contribution in [2.75, 3.05) is 13.6 Å². The summed E-state index contributed by atoms with van der Waals surface area (Å²) in [6.07, 6.45) is 2.00. The summed E-state index contributed by atoms with van der Waals surface area (Å²) >= 11 is 0. The number of hydrogen-bond acceptors (Lipinski definition) is 3. The molecule has 3 rings (SSSR count). The van der Waals surface area contributed by atoms with Crippen LogP contribution in [0, 0.1) is 23.1 Å². The zero-order valence-corrected chi connectivity index (χ0v) is 14.9. The van der Waals surface area contributed by atoms with Crippen molar-refractivity contribution in [2.24, 2.45) is 5.92 Å². The van der Waals surface area contributed by atoms with Crippen molar-refractivity contribution in [3.63, 3.8) is 0 Å². The van der Waals surface area contributed by atoms with Crippen molar-refractivity contribution >= 4 is 0 Å². The van der Waals surface area contributed by atoms with Gasteiger partial charge in [-0.05, 0) is 50.4 Å². The smallest absolute Gasteiger partial charge is 0.123 e. The zero-order chi connectivity index (χ0) is 18.5. The average molecular weight is 348 g/mol. The highest BCUT2D eigenvalue weighted by Gasteiger charge is 2.15. The largest absolute Gasteiger partial charge is 0.301 e. The van der Waals surface area contributed by atoms with Crippen molar-refractivity contribution in [1.82, 2.24) is 14.7 Å². The predicted octanol–water partition coefficient (Wildman–Crippen LogP) is 4.27. The fourth-order valence-corrected chi connectivity index (χ4v) is 2.95. The molecule has 5 heteroatoms. The Balaban J connectivity index is 1.96. The van der Waals surface area contributed by atoms with Crippen molar-refractivity contribution in [3.05, 3.63) is 72.2 Å². The summed E-state index contributed by atoms with van der Waals surface area (Å²) in [5.74, 6) is -0.309. The highest BCUT2D eigenvalue weighted by atomic mass is 19.1. The summed E-state index contributed by atoms with van der Waals surface area (Å²) in [6, 6.07) is 18.5. The Labute approximate surface area is 153 Å². The van der Waals surface area contributed by atoms with Gasteiger partial charge >= 0.3 is 0 Å². The minimum Gasteiger partial charge on any atom is -0.301 e. The van der Waals surface area contributed by atoms with Gasteiger partial charge in [0.15, 0.2) is 0 Å². The van der Waals surface area contributed by atoms with E-state index in [1.165, 1.54) is 12.1 Å². The first-order chi connectivity index (χ1) is 12.6. The SMILES string of the molecule is CC(C#N)CN(C)Cc1cn(-c2ccccc2)nc1-c1ccc(F)cc1. The summed E-state index contributed by atoms with van der Waals surface area (Å²) in [6.45, 7) is 3.24. The highest BCUT2D eigenvalue weighted by molar-refractivity contribution is 5.63. The van der Waals surface area contributed by atoms with Gasteiger partial charge in [-0.3, -0.25) is 0 Å². The third-order valence-electron chi connectivity index (χ3n) is 4.17. The second-order valence-corrected chi connectivity index (χ2v) is 6.52. The van der Waals surface area contributed by atoms with Crippen LogP contribution in [0.3, 0.4) is 0 Å². The van der Waals surface area contributed by atoms with E-state index in [9.17, 15) is 4.39 Å². The van der Waals surface area contributed by atoms with E-state index in [-0.39, 0.29) is 11.7 Å². The second kappa shape index (κ2) is 7.94. The third kappa shape index (κ3) is 4.16. The molecule has 0 saturated heterocycles. The average Bonchev–Trinajstić information content (AvgIpc) is 3.06. The molecule has 0 aliphatic rings. The minimum absolute atomic E-state index is 0.0431. The zero-order valence-electron chi connectivity index (χ0n) is 14.9. The lowest BCUT2D eigenvalue weighted by Crippen LogP contribution is -2.23. The number of rotatable bonds is 6. The monoisotopic (exact) mass is 348 g/mol. The summed E-state index contributed by atoms with van der Waals surface area (Å²) < 4.78 is 15.1. The van der Waals surface area contributed by atoms with Gasteiger partial charge in [0.1, 0.15) is 5.82 Å². The molecule has 0 fully saturated rings. The van der Waals surface area contributed by atoms with Gasteiger partial charge in [-0.2, -0.15) is 10.4 Å². The molecule has 0 saturated carbocycles. The van der Waals surface area contributed by atoms with E-state index in [0.717, 1.165) is 22.5 Å². The number of benzene rings is 2. The highest BCUT2D eigenvalue weighted by Crippen LogP contribution is 2.25. The van der Waals surface area contributed by atoms with Gasteiger partial charge < -0.3 is 4.90 Å². The van der Waals surface area contributed by atoms with Crippen LogP contribution >= 0.6 is 0 Å². The molecule has 0 amide bonds. The Bertz CT molecular complexity index is 894. The molecule has 1 heterocycles. The van der Waals surface area contributed by atoms with E-state index in [0.29, 0.717) is 13.1 Å². The topological polar surface area (TPSA) is 44.9 Å². The Morgan fingerprint density at radius 1 is 1.15 bits per heavy atom. The number of nitriles is 1. The first kappa shape index (κ1) is 17.8. The van der Waals surface area contributed by atoms with Gasteiger partial charge in [0.05, 0.1) is 23.4 Å². The molecule has 1 aromatic heterocycles. The fraction of sp³-hybridized carbons (Fsp3) is 0.238. The molecular weight excluding hydrogens is 327 g/mol. The second-order valence-electron chi connectivity index (χ2n) is 6.52. The lowest BCUT2D eigenvalue weighted by molar-refractivity contribution is 0.303. The molecular formula is C21H21FN4. The van der Waals surface area contributed by atoms with E-state index in [4.69, 9.17) is 10.4 Å². The lowest BCUT2D eigenvalue weighted by atomic mass is 10.1. The van der Waals surface area contributed by atoms with Gasteiger partial charge in [0.25, 0.3) is 0 Å². The Hall–Kier alpha value is -2.97. The summed E-state index contributed by atoms with van der Waals surface area (Å²) in [5.41, 5.74) is 3.70. The van der Waals surface area contributed by atoms with Crippen LogP contribution < -0.4 is 0 Å². The van der Waals surface area contributed by atoms with Crippen molar-refractivity contribution in [1.29, 1.82) is 5.26 Å². The van der Waals surface area contributed by atoms with Crippen LogP contribution in [-0.2, 0) is 6.54 Å². The Kier molecular flexibility index (Phi) is 5.45. The fourth-order valence-electron chi connectivity index (χ4n) is 2.95. The molecule has 1 unspecified atom stereocenters. The maximum atomic E-state index is 13.3. The molecule has 4 nitrogen and oxygen atoms in total. The van der Waals surface area contributed by atoms with Crippen LogP contribution in [0.25, 0.3) is 16.9 Å². The van der Waals surface area contributed by atoms with Crippen molar-refractivity contribution in [3.8, 4) is 23.0 Å². The Morgan fingerprint density at radius 2 is 1.85 bits per heavy atom. The molecule has 0 radical (unpaired) electrons. The third-order valence-corrected chi connectivity index (χ3v) is 4.17. The molecule has 26 heavy (non-hydrogen) atoms. The molecule has 132 valence electrons. The summed E-state index contributed by atoms with van der Waals surface area (Å²) in [7, 11) is 1.99. The quantitative estimate of drug-likeness (QED) is 0.668. The lowest BCUT2D eigenvalue weighted by Gasteiger charge is -2.17. The Morgan fingerprint density at radius 3 is 2.50 bits per heavy atom. The number of halogens is 1. The molecule has 0 spiro atoms. The van der Waals surface area contributed by atoms with Gasteiger partial charge in [-0.1, -0.05) is 18.2 Å². The molecule has 0 aliphatic carbocycles.